The fraction of sp³-hybridized carbons (Fsp3) is 0.438. The molecular weight excluding hydrogens is 266 g/mol. The van der Waals surface area contributed by atoms with Crippen LogP contribution in [0.1, 0.15) is 43.9 Å². The third kappa shape index (κ3) is 3.90. The van der Waals surface area contributed by atoms with Gasteiger partial charge >= 0.3 is 11.8 Å². The number of nitrogens with zero attached hydrogens (tertiary/aromatic N) is 1. The number of amides is 2. The van der Waals surface area contributed by atoms with Gasteiger partial charge < -0.3 is 5.32 Å². The molecule has 0 spiro atoms. The van der Waals surface area contributed by atoms with E-state index in [0.717, 1.165) is 18.4 Å². The van der Waals surface area contributed by atoms with E-state index in [9.17, 15) is 9.59 Å². The Hall–Kier alpha value is -2.17. The molecule has 2 N–H and O–H groups in total. The Morgan fingerprint density at radius 2 is 1.86 bits per heavy atom. The second kappa shape index (κ2) is 6.52. The number of rotatable bonds is 3. The van der Waals surface area contributed by atoms with Crippen LogP contribution in [0.5, 0.6) is 0 Å². The van der Waals surface area contributed by atoms with Crippen LogP contribution in [0.15, 0.2) is 23.3 Å². The minimum Gasteiger partial charge on any atom is -0.346 e. The van der Waals surface area contributed by atoms with E-state index < -0.39 is 11.8 Å². The summed E-state index contributed by atoms with van der Waals surface area (Å²) in [6.07, 6.45) is 3.43. The molecule has 0 heterocycles. The summed E-state index contributed by atoms with van der Waals surface area (Å²) in [6, 6.07) is 6.15. The van der Waals surface area contributed by atoms with Crippen LogP contribution in [-0.4, -0.2) is 23.6 Å². The van der Waals surface area contributed by atoms with Crippen molar-refractivity contribution >= 4 is 17.5 Å². The summed E-state index contributed by atoms with van der Waals surface area (Å²) in [5.74, 6) is -1.42. The van der Waals surface area contributed by atoms with E-state index in [2.05, 4.69) is 28.0 Å². The van der Waals surface area contributed by atoms with Gasteiger partial charge in [-0.05, 0) is 62.8 Å². The van der Waals surface area contributed by atoms with Crippen LogP contribution in [0.2, 0.25) is 0 Å². The molecule has 21 heavy (non-hydrogen) atoms. The van der Waals surface area contributed by atoms with Crippen molar-refractivity contribution < 1.29 is 9.59 Å². The first-order chi connectivity index (χ1) is 9.97. The van der Waals surface area contributed by atoms with Gasteiger partial charge in [-0.15, -0.1) is 0 Å². The monoisotopic (exact) mass is 287 g/mol. The maximum absolute atomic E-state index is 11.6. The lowest BCUT2D eigenvalue weighted by molar-refractivity contribution is -0.139. The van der Waals surface area contributed by atoms with E-state index in [1.165, 1.54) is 17.5 Å². The molecule has 112 valence electrons. The molecule has 2 rings (SSSR count). The van der Waals surface area contributed by atoms with Crippen LogP contribution < -0.4 is 10.7 Å². The lowest BCUT2D eigenvalue weighted by Gasteiger charge is -2.07. The highest BCUT2D eigenvalue weighted by Gasteiger charge is 2.14. The highest BCUT2D eigenvalue weighted by atomic mass is 16.2. The van der Waals surface area contributed by atoms with Crippen molar-refractivity contribution in [2.45, 2.75) is 46.1 Å². The average molecular weight is 287 g/mol. The molecule has 5 nitrogen and oxygen atoms in total. The van der Waals surface area contributed by atoms with Gasteiger partial charge in [-0.3, -0.25) is 9.59 Å². The van der Waals surface area contributed by atoms with Crippen LogP contribution in [0, 0.1) is 0 Å². The summed E-state index contributed by atoms with van der Waals surface area (Å²) in [5, 5.41) is 6.52. The van der Waals surface area contributed by atoms with Gasteiger partial charge in [0, 0.05) is 6.04 Å². The summed E-state index contributed by atoms with van der Waals surface area (Å²) >= 11 is 0. The summed E-state index contributed by atoms with van der Waals surface area (Å²) in [4.78, 5) is 23.0. The fourth-order valence-corrected chi connectivity index (χ4v) is 2.37. The predicted molar refractivity (Wildman–Crippen MR) is 82.1 cm³/mol. The molecule has 5 heteroatoms. The van der Waals surface area contributed by atoms with E-state index in [0.29, 0.717) is 5.71 Å². The quantitative estimate of drug-likeness (QED) is 0.503. The van der Waals surface area contributed by atoms with Gasteiger partial charge in [0.05, 0.1) is 5.71 Å². The van der Waals surface area contributed by atoms with Gasteiger partial charge in [-0.2, -0.15) is 5.10 Å². The molecule has 0 radical (unpaired) electrons. The van der Waals surface area contributed by atoms with Crippen LogP contribution in [-0.2, 0) is 22.4 Å². The summed E-state index contributed by atoms with van der Waals surface area (Å²) in [6.45, 7) is 5.41. The number of hydrogen-bond acceptors (Lipinski definition) is 3. The predicted octanol–water partition coefficient (Wildman–Crippen LogP) is 1.54. The minimum absolute atomic E-state index is 0.0787. The molecule has 0 atom stereocenters. The van der Waals surface area contributed by atoms with Gasteiger partial charge in [-0.1, -0.05) is 12.1 Å². The lowest BCUT2D eigenvalue weighted by Crippen LogP contribution is -2.41. The molecule has 0 aromatic heterocycles. The van der Waals surface area contributed by atoms with Crippen molar-refractivity contribution in [3.05, 3.63) is 34.9 Å². The Balaban J connectivity index is 2.01. The first-order valence-electron chi connectivity index (χ1n) is 7.24. The zero-order chi connectivity index (χ0) is 15.4. The van der Waals surface area contributed by atoms with Crippen LogP contribution in [0.25, 0.3) is 0 Å². The first-order valence-corrected chi connectivity index (χ1v) is 7.24. The maximum Gasteiger partial charge on any atom is 0.329 e. The highest BCUT2D eigenvalue weighted by molar-refractivity contribution is 6.35. The zero-order valence-electron chi connectivity index (χ0n) is 12.7. The molecular formula is C16H21N3O2. The van der Waals surface area contributed by atoms with Crippen LogP contribution in [0.4, 0.5) is 0 Å². The molecule has 1 aromatic carbocycles. The number of fused-ring (bicyclic) bond motifs is 1. The Labute approximate surface area is 124 Å². The van der Waals surface area contributed by atoms with E-state index in [1.54, 1.807) is 13.8 Å². The van der Waals surface area contributed by atoms with Gasteiger partial charge in [0.15, 0.2) is 0 Å². The molecule has 0 saturated heterocycles. The van der Waals surface area contributed by atoms with Crippen molar-refractivity contribution in [2.24, 2.45) is 5.10 Å². The summed E-state index contributed by atoms with van der Waals surface area (Å²) < 4.78 is 0. The van der Waals surface area contributed by atoms with E-state index in [1.807, 2.05) is 13.0 Å². The Morgan fingerprint density at radius 3 is 2.57 bits per heavy atom. The molecule has 1 aliphatic carbocycles. The molecule has 0 aliphatic heterocycles. The third-order valence-corrected chi connectivity index (χ3v) is 3.47. The van der Waals surface area contributed by atoms with Crippen molar-refractivity contribution in [2.75, 3.05) is 0 Å². The van der Waals surface area contributed by atoms with E-state index in [4.69, 9.17) is 0 Å². The molecule has 1 aromatic rings. The van der Waals surface area contributed by atoms with Crippen molar-refractivity contribution in [3.8, 4) is 0 Å². The van der Waals surface area contributed by atoms with E-state index in [-0.39, 0.29) is 6.04 Å². The maximum atomic E-state index is 11.6. The van der Waals surface area contributed by atoms with Gasteiger partial charge in [0.2, 0.25) is 0 Å². The number of aryl methyl sites for hydroxylation is 2. The molecule has 0 saturated carbocycles. The fourth-order valence-electron chi connectivity index (χ4n) is 2.37. The first kappa shape index (κ1) is 15.2. The Kier molecular flexibility index (Phi) is 4.73. The normalized spacial score (nSPS) is 14.0. The zero-order valence-corrected chi connectivity index (χ0v) is 12.7. The van der Waals surface area contributed by atoms with Crippen molar-refractivity contribution in [3.63, 3.8) is 0 Å². The van der Waals surface area contributed by atoms with Crippen LogP contribution in [0.3, 0.4) is 0 Å². The minimum atomic E-state index is -0.746. The van der Waals surface area contributed by atoms with Crippen molar-refractivity contribution in [1.29, 1.82) is 0 Å². The standard InChI is InChI=1S/C16H21N3O2/c1-10(2)17-15(20)16(21)19-18-11(3)13-8-7-12-5-4-6-14(12)9-13/h7-10H,4-6H2,1-3H3,(H,17,20)(H,19,21)/b18-11-. The Morgan fingerprint density at radius 1 is 1.14 bits per heavy atom. The molecule has 0 unspecified atom stereocenters. The topological polar surface area (TPSA) is 70.6 Å². The van der Waals surface area contributed by atoms with Gasteiger partial charge in [0.25, 0.3) is 0 Å². The lowest BCUT2D eigenvalue weighted by atomic mass is 10.0. The average Bonchev–Trinajstić information content (AvgIpc) is 2.90. The molecule has 0 fully saturated rings. The number of benzene rings is 1. The molecule has 1 aliphatic rings. The Bertz CT molecular complexity index is 591. The molecule has 2 amide bonds. The summed E-state index contributed by atoms with van der Waals surface area (Å²) in [5.41, 5.74) is 6.70. The third-order valence-electron chi connectivity index (χ3n) is 3.47. The number of nitrogens with one attached hydrogen (secondary N) is 2. The molecule has 0 bridgehead atoms. The second-order valence-corrected chi connectivity index (χ2v) is 5.60. The number of carbonyl (C=O) groups is 2. The number of hydrogen-bond donors (Lipinski definition) is 2. The SMILES string of the molecule is C/C(=N/NC(=O)C(=O)NC(C)C)c1ccc2c(c1)CCC2. The number of hydrazone groups is 1. The smallest absolute Gasteiger partial charge is 0.329 e. The largest absolute Gasteiger partial charge is 0.346 e. The second-order valence-electron chi connectivity index (χ2n) is 5.60. The number of carbonyl (C=O) groups excluding carboxylic acids is 2. The van der Waals surface area contributed by atoms with Gasteiger partial charge in [-0.25, -0.2) is 5.43 Å². The highest BCUT2D eigenvalue weighted by Crippen LogP contribution is 2.22. The van der Waals surface area contributed by atoms with E-state index >= 15 is 0 Å². The van der Waals surface area contributed by atoms with Gasteiger partial charge in [0.1, 0.15) is 0 Å². The summed E-state index contributed by atoms with van der Waals surface area (Å²) in [7, 11) is 0. The van der Waals surface area contributed by atoms with Crippen LogP contribution >= 0.6 is 0 Å². The van der Waals surface area contributed by atoms with Crippen molar-refractivity contribution in [1.82, 2.24) is 10.7 Å².